The normalized spacial score (nSPS) is 18.7. The second kappa shape index (κ2) is 9.74. The Morgan fingerprint density at radius 1 is 1.13 bits per heavy atom. The average Bonchev–Trinajstić information content (AvgIpc) is 2.71. The molecule has 0 saturated carbocycles. The van der Waals surface area contributed by atoms with Crippen LogP contribution >= 0.6 is 0 Å². The van der Waals surface area contributed by atoms with Crippen molar-refractivity contribution in [1.82, 2.24) is 4.90 Å². The summed E-state index contributed by atoms with van der Waals surface area (Å²) in [6.07, 6.45) is 1.70. The number of amides is 2. The number of anilines is 1. The fraction of sp³-hybridized carbons (Fsp3) is 0.417. The van der Waals surface area contributed by atoms with Crippen molar-refractivity contribution < 1.29 is 18.7 Å². The predicted molar refractivity (Wildman–Crippen MR) is 115 cm³/mol. The molecule has 6 heteroatoms. The van der Waals surface area contributed by atoms with Gasteiger partial charge in [0, 0.05) is 19.5 Å². The Hall–Kier alpha value is -2.89. The molecule has 5 nitrogen and oxygen atoms in total. The first-order valence-corrected chi connectivity index (χ1v) is 10.4. The molecule has 3 rings (SSSR count). The van der Waals surface area contributed by atoms with Crippen LogP contribution in [0.15, 0.2) is 42.5 Å². The second-order valence-electron chi connectivity index (χ2n) is 8.22. The number of carbonyl (C=O) groups excluding carboxylic acids is 2. The highest BCUT2D eigenvalue weighted by Gasteiger charge is 2.27. The van der Waals surface area contributed by atoms with Crippen molar-refractivity contribution in [3.8, 4) is 5.75 Å². The third-order valence-corrected chi connectivity index (χ3v) is 5.44. The summed E-state index contributed by atoms with van der Waals surface area (Å²) in [7, 11) is 1.41. The monoisotopic (exact) mass is 412 g/mol. The maximum absolute atomic E-state index is 13.8. The van der Waals surface area contributed by atoms with E-state index in [1.165, 1.54) is 13.2 Å². The zero-order valence-corrected chi connectivity index (χ0v) is 17.8. The molecule has 2 atom stereocenters. The number of rotatable bonds is 6. The van der Waals surface area contributed by atoms with Gasteiger partial charge in [-0.1, -0.05) is 32.0 Å². The van der Waals surface area contributed by atoms with Crippen molar-refractivity contribution in [2.75, 3.05) is 25.5 Å². The van der Waals surface area contributed by atoms with E-state index in [0.717, 1.165) is 19.5 Å². The van der Waals surface area contributed by atoms with Crippen molar-refractivity contribution >= 4 is 17.5 Å². The van der Waals surface area contributed by atoms with Crippen LogP contribution in [-0.4, -0.2) is 36.9 Å². The Balaban J connectivity index is 1.65. The van der Waals surface area contributed by atoms with E-state index < -0.39 is 5.82 Å². The Morgan fingerprint density at radius 2 is 1.83 bits per heavy atom. The number of halogens is 1. The summed E-state index contributed by atoms with van der Waals surface area (Å²) < 4.78 is 18.7. The number of nitrogens with one attached hydrogen (secondary N) is 1. The van der Waals surface area contributed by atoms with Gasteiger partial charge in [0.2, 0.25) is 5.91 Å². The lowest BCUT2D eigenvalue weighted by Gasteiger charge is -2.35. The Bertz CT molecular complexity index is 905. The van der Waals surface area contributed by atoms with Gasteiger partial charge in [-0.05, 0) is 54.5 Å². The van der Waals surface area contributed by atoms with Gasteiger partial charge in [0.05, 0.1) is 18.4 Å². The van der Waals surface area contributed by atoms with Crippen LogP contribution in [0.1, 0.15) is 42.6 Å². The molecular weight excluding hydrogens is 383 g/mol. The summed E-state index contributed by atoms with van der Waals surface area (Å²) in [5.41, 5.74) is 1.73. The van der Waals surface area contributed by atoms with Gasteiger partial charge >= 0.3 is 0 Å². The zero-order valence-electron chi connectivity index (χ0n) is 17.8. The van der Waals surface area contributed by atoms with Gasteiger partial charge in [0.1, 0.15) is 0 Å². The average molecular weight is 413 g/mol. The number of benzene rings is 2. The van der Waals surface area contributed by atoms with E-state index in [1.807, 2.05) is 4.90 Å². The molecule has 1 aliphatic rings. The number of aryl methyl sites for hydroxylation is 1. The Kier molecular flexibility index (Phi) is 7.08. The molecular formula is C24H29FN2O3. The summed E-state index contributed by atoms with van der Waals surface area (Å²) in [5, 5.41) is 2.86. The van der Waals surface area contributed by atoms with Crippen LogP contribution in [0.4, 0.5) is 10.1 Å². The summed E-state index contributed by atoms with van der Waals surface area (Å²) in [5.74, 6) is 0.385. The second-order valence-corrected chi connectivity index (χ2v) is 8.22. The molecule has 2 aromatic carbocycles. The lowest BCUT2D eigenvalue weighted by molar-refractivity contribution is -0.116. The molecule has 0 aliphatic carbocycles. The lowest BCUT2D eigenvalue weighted by Crippen LogP contribution is -2.42. The predicted octanol–water partition coefficient (Wildman–Crippen LogP) is 4.52. The number of hydrogen-bond donors (Lipinski definition) is 1. The highest BCUT2D eigenvalue weighted by atomic mass is 19.1. The largest absolute Gasteiger partial charge is 0.494 e. The number of methoxy groups -OCH3 is 1. The van der Waals surface area contributed by atoms with E-state index in [0.29, 0.717) is 35.1 Å². The van der Waals surface area contributed by atoms with Gasteiger partial charge in [-0.25, -0.2) is 4.39 Å². The fourth-order valence-electron chi connectivity index (χ4n) is 4.11. The molecule has 1 N–H and O–H groups in total. The maximum atomic E-state index is 13.8. The van der Waals surface area contributed by atoms with Crippen molar-refractivity contribution in [3.05, 3.63) is 59.4 Å². The van der Waals surface area contributed by atoms with Gasteiger partial charge in [0.25, 0.3) is 5.91 Å². The smallest absolute Gasteiger partial charge is 0.255 e. The van der Waals surface area contributed by atoms with E-state index in [-0.39, 0.29) is 24.0 Å². The number of ether oxygens (including phenoxy) is 1. The SMILES string of the molecule is COc1ccc(CCC(=O)Nc2ccccc2C(=O)N2CC(C)CC(C)C2)cc1F. The quantitative estimate of drug-likeness (QED) is 0.759. The number of hydrogen-bond acceptors (Lipinski definition) is 3. The maximum Gasteiger partial charge on any atom is 0.255 e. The molecule has 2 unspecified atom stereocenters. The highest BCUT2D eigenvalue weighted by molar-refractivity contribution is 6.03. The summed E-state index contributed by atoms with van der Waals surface area (Å²) in [6.45, 7) is 5.78. The third kappa shape index (κ3) is 5.38. The van der Waals surface area contributed by atoms with E-state index in [1.54, 1.807) is 36.4 Å². The molecule has 0 radical (unpaired) electrons. The molecule has 160 valence electrons. The van der Waals surface area contributed by atoms with Crippen molar-refractivity contribution in [3.63, 3.8) is 0 Å². The molecule has 1 saturated heterocycles. The molecule has 1 fully saturated rings. The molecule has 2 amide bonds. The van der Waals surface area contributed by atoms with Crippen LogP contribution in [0.5, 0.6) is 5.75 Å². The van der Waals surface area contributed by atoms with Gasteiger partial charge in [0.15, 0.2) is 11.6 Å². The standard InChI is InChI=1S/C24H29FN2O3/c1-16-12-17(2)15-27(14-16)24(29)19-6-4-5-7-21(19)26-23(28)11-9-18-8-10-22(30-3)20(25)13-18/h4-8,10,13,16-17H,9,11-12,14-15H2,1-3H3,(H,26,28). The molecule has 30 heavy (non-hydrogen) atoms. The molecule has 0 bridgehead atoms. The minimum Gasteiger partial charge on any atom is -0.494 e. The number of likely N-dealkylation sites (tertiary alicyclic amines) is 1. The summed E-state index contributed by atoms with van der Waals surface area (Å²) >= 11 is 0. The molecule has 1 aliphatic heterocycles. The van der Waals surface area contributed by atoms with E-state index in [4.69, 9.17) is 4.74 Å². The first-order chi connectivity index (χ1) is 14.4. The number of nitrogens with zero attached hydrogens (tertiary/aromatic N) is 1. The van der Waals surface area contributed by atoms with E-state index >= 15 is 0 Å². The van der Waals surface area contributed by atoms with Gasteiger partial charge < -0.3 is 15.0 Å². The minimum atomic E-state index is -0.448. The minimum absolute atomic E-state index is 0.0541. The van der Waals surface area contributed by atoms with Crippen LogP contribution < -0.4 is 10.1 Å². The van der Waals surface area contributed by atoms with Gasteiger partial charge in [-0.15, -0.1) is 0 Å². The van der Waals surface area contributed by atoms with Crippen molar-refractivity contribution in [1.29, 1.82) is 0 Å². The van der Waals surface area contributed by atoms with Crippen LogP contribution in [-0.2, 0) is 11.2 Å². The van der Waals surface area contributed by atoms with Crippen LogP contribution in [0, 0.1) is 17.7 Å². The first-order valence-electron chi connectivity index (χ1n) is 10.4. The van der Waals surface area contributed by atoms with Crippen LogP contribution in [0.25, 0.3) is 0 Å². The number of para-hydroxylation sites is 1. The van der Waals surface area contributed by atoms with Crippen LogP contribution in [0.3, 0.4) is 0 Å². The molecule has 1 heterocycles. The lowest BCUT2D eigenvalue weighted by atomic mass is 9.91. The number of piperidine rings is 1. The molecule has 2 aromatic rings. The van der Waals surface area contributed by atoms with Crippen molar-refractivity contribution in [2.45, 2.75) is 33.1 Å². The van der Waals surface area contributed by atoms with Gasteiger partial charge in [-0.3, -0.25) is 9.59 Å². The molecule has 0 spiro atoms. The Labute approximate surface area is 177 Å². The zero-order chi connectivity index (χ0) is 21.7. The van der Waals surface area contributed by atoms with Crippen LogP contribution in [0.2, 0.25) is 0 Å². The Morgan fingerprint density at radius 3 is 2.50 bits per heavy atom. The van der Waals surface area contributed by atoms with Gasteiger partial charge in [-0.2, -0.15) is 0 Å². The van der Waals surface area contributed by atoms with E-state index in [9.17, 15) is 14.0 Å². The third-order valence-electron chi connectivity index (χ3n) is 5.44. The highest BCUT2D eigenvalue weighted by Crippen LogP contribution is 2.25. The fourth-order valence-corrected chi connectivity index (χ4v) is 4.11. The van der Waals surface area contributed by atoms with Crippen molar-refractivity contribution in [2.24, 2.45) is 11.8 Å². The summed E-state index contributed by atoms with van der Waals surface area (Å²) in [4.78, 5) is 27.5. The number of carbonyl (C=O) groups is 2. The topological polar surface area (TPSA) is 58.6 Å². The van der Waals surface area contributed by atoms with E-state index in [2.05, 4.69) is 19.2 Å². The first kappa shape index (κ1) is 21.8. The summed E-state index contributed by atoms with van der Waals surface area (Å²) in [6, 6.07) is 11.8. The molecule has 0 aromatic heterocycles.